The second-order valence-electron chi connectivity index (χ2n) is 7.87. The zero-order valence-electron chi connectivity index (χ0n) is 16.6. The van der Waals surface area contributed by atoms with Crippen LogP contribution in [0.4, 0.5) is 10.1 Å². The summed E-state index contributed by atoms with van der Waals surface area (Å²) in [6, 6.07) is 6.82. The molecule has 0 bridgehead atoms. The Hall–Kier alpha value is -2.58. The molecule has 0 spiro atoms. The van der Waals surface area contributed by atoms with Crippen molar-refractivity contribution in [2.24, 2.45) is 11.8 Å². The van der Waals surface area contributed by atoms with E-state index in [4.69, 9.17) is 16.3 Å². The summed E-state index contributed by atoms with van der Waals surface area (Å²) in [4.78, 5) is 35.6. The van der Waals surface area contributed by atoms with Crippen molar-refractivity contribution in [2.75, 3.05) is 18.1 Å². The first-order valence-corrected chi connectivity index (χ1v) is 10.1. The minimum atomic E-state index is -2.32. The fourth-order valence-electron chi connectivity index (χ4n) is 4.06. The van der Waals surface area contributed by atoms with Gasteiger partial charge in [0.25, 0.3) is 17.4 Å². The van der Waals surface area contributed by atoms with Crippen LogP contribution in [-0.2, 0) is 19.9 Å². The highest BCUT2D eigenvalue weighted by Gasteiger charge is 2.57. The van der Waals surface area contributed by atoms with Crippen molar-refractivity contribution in [3.63, 3.8) is 0 Å². The number of carbonyl (C=O) groups is 2. The average Bonchev–Trinajstić information content (AvgIpc) is 3.15. The summed E-state index contributed by atoms with van der Waals surface area (Å²) < 4.78 is 19.5. The van der Waals surface area contributed by atoms with E-state index in [0.29, 0.717) is 24.5 Å². The number of carbonyl (C=O) groups excluding carboxylic acids is 2. The van der Waals surface area contributed by atoms with Crippen LogP contribution in [0.1, 0.15) is 18.1 Å². The van der Waals surface area contributed by atoms with Gasteiger partial charge in [-0.3, -0.25) is 14.5 Å². The molecule has 2 fully saturated rings. The first-order valence-electron chi connectivity index (χ1n) is 9.67. The third kappa shape index (κ3) is 3.54. The van der Waals surface area contributed by atoms with Crippen molar-refractivity contribution in [3.05, 3.63) is 54.1 Å². The number of nitrogens with zero attached hydrogens (tertiary/aromatic N) is 3. The van der Waals surface area contributed by atoms with E-state index in [2.05, 4.69) is 15.3 Å². The SMILES string of the molecule is Cc1ccc(N(C(=O)[C@H](F)Cl)[C@@](C)(C(=O)NC2C3COCC32)c2cncnc2)cc1. The topological polar surface area (TPSA) is 84.4 Å². The minimum absolute atomic E-state index is 0.0395. The number of alkyl halides is 2. The molecule has 4 rings (SSSR count). The van der Waals surface area contributed by atoms with Gasteiger partial charge in [-0.15, -0.1) is 0 Å². The number of hydrogen-bond acceptors (Lipinski definition) is 5. The molecular weight excluding hydrogens is 411 g/mol. The van der Waals surface area contributed by atoms with Gasteiger partial charge in [0.1, 0.15) is 6.33 Å². The highest BCUT2D eigenvalue weighted by atomic mass is 35.5. The molecule has 1 aromatic carbocycles. The van der Waals surface area contributed by atoms with E-state index in [1.165, 1.54) is 18.7 Å². The smallest absolute Gasteiger partial charge is 0.278 e. The van der Waals surface area contributed by atoms with Gasteiger partial charge in [-0.05, 0) is 26.0 Å². The second kappa shape index (κ2) is 7.92. The molecule has 2 heterocycles. The Bertz CT molecular complexity index is 933. The van der Waals surface area contributed by atoms with Gasteiger partial charge in [0.15, 0.2) is 5.54 Å². The Morgan fingerprint density at radius 1 is 1.23 bits per heavy atom. The molecule has 158 valence electrons. The van der Waals surface area contributed by atoms with Crippen LogP contribution in [0.25, 0.3) is 0 Å². The zero-order chi connectivity index (χ0) is 21.5. The van der Waals surface area contributed by atoms with E-state index < -0.39 is 23.0 Å². The number of benzene rings is 1. The predicted octanol–water partition coefficient (Wildman–Crippen LogP) is 2.33. The van der Waals surface area contributed by atoms with Crippen molar-refractivity contribution in [1.82, 2.24) is 15.3 Å². The van der Waals surface area contributed by atoms with E-state index >= 15 is 0 Å². The van der Waals surface area contributed by atoms with Gasteiger partial charge in [0, 0.05) is 41.5 Å². The molecule has 2 unspecified atom stereocenters. The molecule has 1 saturated carbocycles. The lowest BCUT2D eigenvalue weighted by Crippen LogP contribution is -2.59. The number of anilines is 1. The highest BCUT2D eigenvalue weighted by molar-refractivity contribution is 6.32. The van der Waals surface area contributed by atoms with Gasteiger partial charge in [0.2, 0.25) is 0 Å². The van der Waals surface area contributed by atoms with Crippen molar-refractivity contribution in [3.8, 4) is 0 Å². The molecule has 7 nitrogen and oxygen atoms in total. The molecule has 1 aliphatic carbocycles. The third-order valence-corrected chi connectivity index (χ3v) is 6.15. The van der Waals surface area contributed by atoms with Crippen molar-refractivity contribution < 1.29 is 18.7 Å². The van der Waals surface area contributed by atoms with Gasteiger partial charge >= 0.3 is 0 Å². The van der Waals surface area contributed by atoms with E-state index in [9.17, 15) is 14.0 Å². The number of fused-ring (bicyclic) bond motifs is 1. The molecule has 4 atom stereocenters. The first-order chi connectivity index (χ1) is 14.3. The number of hydrogen-bond donors (Lipinski definition) is 1. The first kappa shape index (κ1) is 20.7. The van der Waals surface area contributed by atoms with Gasteiger partial charge in [-0.2, -0.15) is 0 Å². The number of amides is 2. The summed E-state index contributed by atoms with van der Waals surface area (Å²) in [5.41, 5.74) is -2.30. The molecule has 1 N–H and O–H groups in total. The zero-order valence-corrected chi connectivity index (χ0v) is 17.3. The molecule has 1 aliphatic heterocycles. The summed E-state index contributed by atoms with van der Waals surface area (Å²) in [5.74, 6) is -0.976. The van der Waals surface area contributed by atoms with Gasteiger partial charge in [-0.1, -0.05) is 29.3 Å². The number of aromatic nitrogens is 2. The molecule has 2 aromatic rings. The van der Waals surface area contributed by atoms with Crippen LogP contribution in [-0.4, -0.2) is 46.7 Å². The van der Waals surface area contributed by atoms with Crippen molar-refractivity contribution in [1.29, 1.82) is 0 Å². The van der Waals surface area contributed by atoms with Crippen LogP contribution in [0.5, 0.6) is 0 Å². The normalized spacial score (nSPS) is 25.0. The number of rotatable bonds is 6. The maximum atomic E-state index is 14.1. The molecule has 1 aromatic heterocycles. The number of halogens is 2. The van der Waals surface area contributed by atoms with Gasteiger partial charge in [-0.25, -0.2) is 14.4 Å². The van der Waals surface area contributed by atoms with Crippen LogP contribution in [0.3, 0.4) is 0 Å². The average molecular weight is 433 g/mol. The fourth-order valence-corrected chi connectivity index (χ4v) is 4.15. The number of ether oxygens (including phenoxy) is 1. The summed E-state index contributed by atoms with van der Waals surface area (Å²) in [6.07, 6.45) is 4.21. The second-order valence-corrected chi connectivity index (χ2v) is 8.26. The number of nitrogens with one attached hydrogen (secondary N) is 1. The minimum Gasteiger partial charge on any atom is -0.381 e. The van der Waals surface area contributed by atoms with Crippen molar-refractivity contribution >= 4 is 29.1 Å². The van der Waals surface area contributed by atoms with E-state index in [0.717, 1.165) is 10.5 Å². The molecule has 0 radical (unpaired) electrons. The molecule has 2 aliphatic rings. The fraction of sp³-hybridized carbons (Fsp3) is 0.429. The van der Waals surface area contributed by atoms with E-state index in [1.54, 1.807) is 31.2 Å². The maximum absolute atomic E-state index is 14.1. The van der Waals surface area contributed by atoms with Crippen LogP contribution >= 0.6 is 11.6 Å². The molecule has 1 saturated heterocycles. The summed E-state index contributed by atoms with van der Waals surface area (Å²) in [5, 5.41) is 3.02. The lowest BCUT2D eigenvalue weighted by Gasteiger charge is -2.40. The largest absolute Gasteiger partial charge is 0.381 e. The van der Waals surface area contributed by atoms with Crippen LogP contribution < -0.4 is 10.2 Å². The van der Waals surface area contributed by atoms with E-state index in [-0.39, 0.29) is 17.9 Å². The summed E-state index contributed by atoms with van der Waals surface area (Å²) in [6.45, 7) is 4.62. The van der Waals surface area contributed by atoms with Gasteiger partial charge < -0.3 is 10.1 Å². The molecule has 9 heteroatoms. The number of aryl methyl sites for hydroxylation is 1. The predicted molar refractivity (Wildman–Crippen MR) is 109 cm³/mol. The molecular formula is C21H22ClFN4O3. The summed E-state index contributed by atoms with van der Waals surface area (Å²) in [7, 11) is 0. The molecule has 2 amide bonds. The van der Waals surface area contributed by atoms with Gasteiger partial charge in [0.05, 0.1) is 13.2 Å². The van der Waals surface area contributed by atoms with Crippen molar-refractivity contribution in [2.45, 2.75) is 31.1 Å². The van der Waals surface area contributed by atoms with E-state index in [1.807, 2.05) is 6.92 Å². The Balaban J connectivity index is 1.78. The van der Waals surface area contributed by atoms with Crippen LogP contribution in [0, 0.1) is 18.8 Å². The Labute approximate surface area is 178 Å². The summed E-state index contributed by atoms with van der Waals surface area (Å²) >= 11 is 5.56. The standard InChI is InChI=1S/C21H22ClFN4O3/c1-12-3-5-14(6-4-12)27(19(28)18(22)23)21(2,13-7-24-11-25-8-13)20(29)26-17-15-9-30-10-16(15)17/h3-8,11,15-18H,9-10H2,1-2H3,(H,26,29)/t15?,16?,17?,18-,21+/m0/s1. The Kier molecular flexibility index (Phi) is 5.46. The lowest BCUT2D eigenvalue weighted by atomic mass is 9.89. The third-order valence-electron chi connectivity index (χ3n) is 5.96. The Morgan fingerprint density at radius 2 is 1.83 bits per heavy atom. The quantitative estimate of drug-likeness (QED) is 0.708. The monoisotopic (exact) mass is 432 g/mol. The van der Waals surface area contributed by atoms with Crippen LogP contribution in [0.15, 0.2) is 43.0 Å². The Morgan fingerprint density at radius 3 is 2.40 bits per heavy atom. The highest BCUT2D eigenvalue weighted by Crippen LogP contribution is 2.45. The lowest BCUT2D eigenvalue weighted by molar-refractivity contribution is -0.131. The molecule has 30 heavy (non-hydrogen) atoms. The van der Waals surface area contributed by atoms with Crippen LogP contribution in [0.2, 0.25) is 0 Å². The maximum Gasteiger partial charge on any atom is 0.278 e.